The number of benzene rings is 1. The van der Waals surface area contributed by atoms with Gasteiger partial charge in [0.1, 0.15) is 23.7 Å². The fourth-order valence-electron chi connectivity index (χ4n) is 3.66. The molecule has 0 saturated carbocycles. The molecule has 1 unspecified atom stereocenters. The molecular weight excluding hydrogens is 447 g/mol. The number of halogens is 3. The predicted molar refractivity (Wildman–Crippen MR) is 124 cm³/mol. The first kappa shape index (κ1) is 25.3. The molecule has 0 radical (unpaired) electrons. The van der Waals surface area contributed by atoms with E-state index in [1.165, 1.54) is 6.92 Å². The van der Waals surface area contributed by atoms with Crippen LogP contribution in [0.15, 0.2) is 53.5 Å². The zero-order valence-corrected chi connectivity index (χ0v) is 19.5. The van der Waals surface area contributed by atoms with Crippen LogP contribution in [0.2, 0.25) is 0 Å². The first-order chi connectivity index (χ1) is 16.1. The van der Waals surface area contributed by atoms with Gasteiger partial charge >= 0.3 is 12.1 Å². The van der Waals surface area contributed by atoms with Crippen molar-refractivity contribution >= 4 is 16.9 Å². The van der Waals surface area contributed by atoms with Gasteiger partial charge in [-0.05, 0) is 43.2 Å². The molecular formula is C26H28F3NO4. The number of aryl methyl sites for hydroxylation is 2. The van der Waals surface area contributed by atoms with Gasteiger partial charge in [0, 0.05) is 34.2 Å². The quantitative estimate of drug-likeness (QED) is 0.242. The number of carbonyl (C=O) groups excluding carboxylic acids is 1. The SMILES string of the molecule is C=CC(=O)OCC(C)(COc1ccc2cc(-c3ccc(CC)nc3CC)oc2c1)CC(F)(F)F. The van der Waals surface area contributed by atoms with Crippen molar-refractivity contribution in [1.29, 1.82) is 0 Å². The molecule has 0 bridgehead atoms. The van der Waals surface area contributed by atoms with E-state index >= 15 is 0 Å². The smallest absolute Gasteiger partial charge is 0.389 e. The van der Waals surface area contributed by atoms with Gasteiger partial charge in [-0.15, -0.1) is 0 Å². The standard InChI is InChI=1S/C26H28F3NO4/c1-5-18-9-11-20(21(6-2)30-18)23-12-17-8-10-19(13-22(17)34-23)32-15-25(4,14-26(27,28)29)16-33-24(31)7-3/h7-13H,3,5-6,14-16H2,1-2,4H3. The molecule has 1 atom stereocenters. The predicted octanol–water partition coefficient (Wildman–Crippen LogP) is 6.69. The average Bonchev–Trinajstić information content (AvgIpc) is 3.23. The van der Waals surface area contributed by atoms with E-state index < -0.39 is 30.6 Å². The Kier molecular flexibility index (Phi) is 7.69. The number of carbonyl (C=O) groups is 1. The van der Waals surface area contributed by atoms with Crippen LogP contribution in [-0.4, -0.2) is 30.3 Å². The second kappa shape index (κ2) is 10.3. The third-order valence-electron chi connectivity index (χ3n) is 5.43. The Hall–Kier alpha value is -3.29. The van der Waals surface area contributed by atoms with E-state index in [0.29, 0.717) is 17.1 Å². The molecule has 0 saturated heterocycles. The molecule has 2 aromatic heterocycles. The summed E-state index contributed by atoms with van der Waals surface area (Å²) in [6.45, 7) is 7.94. The summed E-state index contributed by atoms with van der Waals surface area (Å²) in [5.74, 6) is 0.232. The molecule has 0 aliphatic carbocycles. The third kappa shape index (κ3) is 6.40. The summed E-state index contributed by atoms with van der Waals surface area (Å²) in [4.78, 5) is 16.0. The van der Waals surface area contributed by atoms with Crippen LogP contribution in [0.25, 0.3) is 22.3 Å². The Morgan fingerprint density at radius 2 is 1.88 bits per heavy atom. The summed E-state index contributed by atoms with van der Waals surface area (Å²) in [6, 6.07) is 11.0. The maximum atomic E-state index is 13.1. The minimum atomic E-state index is -4.45. The van der Waals surface area contributed by atoms with Crippen molar-refractivity contribution in [1.82, 2.24) is 4.98 Å². The minimum Gasteiger partial charge on any atom is -0.493 e. The number of aromatic nitrogens is 1. The molecule has 1 aromatic carbocycles. The van der Waals surface area contributed by atoms with E-state index in [0.717, 1.165) is 41.3 Å². The molecule has 2 heterocycles. The van der Waals surface area contributed by atoms with Crippen molar-refractivity contribution in [3.05, 3.63) is 60.4 Å². The molecule has 3 aromatic rings. The fraction of sp³-hybridized carbons (Fsp3) is 0.385. The highest BCUT2D eigenvalue weighted by atomic mass is 19.4. The lowest BCUT2D eigenvalue weighted by Crippen LogP contribution is -2.36. The van der Waals surface area contributed by atoms with Gasteiger partial charge in [-0.25, -0.2) is 4.79 Å². The Labute approximate surface area is 196 Å². The van der Waals surface area contributed by atoms with Gasteiger partial charge in [0.15, 0.2) is 0 Å². The molecule has 0 fully saturated rings. The third-order valence-corrected chi connectivity index (χ3v) is 5.43. The lowest BCUT2D eigenvalue weighted by molar-refractivity contribution is -0.172. The Bertz CT molecular complexity index is 1170. The van der Waals surface area contributed by atoms with E-state index in [1.54, 1.807) is 18.2 Å². The maximum absolute atomic E-state index is 13.1. The Balaban J connectivity index is 1.81. The molecule has 3 rings (SSSR count). The number of esters is 1. The van der Waals surface area contributed by atoms with Gasteiger partial charge in [-0.1, -0.05) is 27.4 Å². The number of ether oxygens (including phenoxy) is 2. The van der Waals surface area contributed by atoms with Gasteiger partial charge in [-0.2, -0.15) is 13.2 Å². The summed E-state index contributed by atoms with van der Waals surface area (Å²) >= 11 is 0. The van der Waals surface area contributed by atoms with Crippen LogP contribution in [-0.2, 0) is 22.4 Å². The molecule has 0 aliphatic rings. The molecule has 34 heavy (non-hydrogen) atoms. The maximum Gasteiger partial charge on any atom is 0.389 e. The van der Waals surface area contributed by atoms with Crippen LogP contribution in [0.3, 0.4) is 0 Å². The Morgan fingerprint density at radius 1 is 1.12 bits per heavy atom. The van der Waals surface area contributed by atoms with Gasteiger partial charge in [-0.3, -0.25) is 4.98 Å². The van der Waals surface area contributed by atoms with Crippen molar-refractivity contribution in [2.75, 3.05) is 13.2 Å². The van der Waals surface area contributed by atoms with Crippen LogP contribution in [0, 0.1) is 5.41 Å². The van der Waals surface area contributed by atoms with E-state index in [9.17, 15) is 18.0 Å². The summed E-state index contributed by atoms with van der Waals surface area (Å²) in [7, 11) is 0. The van der Waals surface area contributed by atoms with E-state index in [-0.39, 0.29) is 6.61 Å². The molecule has 0 spiro atoms. The number of alkyl halides is 3. The molecule has 5 nitrogen and oxygen atoms in total. The molecule has 0 N–H and O–H groups in total. The zero-order valence-electron chi connectivity index (χ0n) is 19.5. The number of nitrogens with zero attached hydrogens (tertiary/aromatic N) is 1. The zero-order chi connectivity index (χ0) is 24.9. The second-order valence-corrected chi connectivity index (χ2v) is 8.52. The summed E-state index contributed by atoms with van der Waals surface area (Å²) in [5, 5.41) is 0.835. The average molecular weight is 476 g/mol. The summed E-state index contributed by atoms with van der Waals surface area (Å²) < 4.78 is 56.0. The largest absolute Gasteiger partial charge is 0.493 e. The normalized spacial score (nSPS) is 13.5. The first-order valence-corrected chi connectivity index (χ1v) is 11.1. The van der Waals surface area contributed by atoms with Crippen molar-refractivity contribution in [3.63, 3.8) is 0 Å². The Morgan fingerprint density at radius 3 is 2.53 bits per heavy atom. The van der Waals surface area contributed by atoms with Gasteiger partial charge in [0.2, 0.25) is 0 Å². The van der Waals surface area contributed by atoms with Crippen LogP contribution < -0.4 is 4.74 Å². The molecule has 0 aliphatic heterocycles. The number of furan rings is 1. The second-order valence-electron chi connectivity index (χ2n) is 8.52. The van der Waals surface area contributed by atoms with Gasteiger partial charge < -0.3 is 13.9 Å². The van der Waals surface area contributed by atoms with Gasteiger partial charge in [0.05, 0.1) is 18.7 Å². The first-order valence-electron chi connectivity index (χ1n) is 11.1. The van der Waals surface area contributed by atoms with Crippen molar-refractivity contribution in [3.8, 4) is 17.1 Å². The number of hydrogen-bond donors (Lipinski definition) is 0. The number of pyridine rings is 1. The van der Waals surface area contributed by atoms with Crippen molar-refractivity contribution in [2.45, 2.75) is 46.2 Å². The number of hydrogen-bond acceptors (Lipinski definition) is 5. The lowest BCUT2D eigenvalue weighted by atomic mass is 9.88. The highest BCUT2D eigenvalue weighted by Crippen LogP contribution is 2.36. The van der Waals surface area contributed by atoms with E-state index in [1.807, 2.05) is 32.0 Å². The van der Waals surface area contributed by atoms with Crippen LogP contribution in [0.5, 0.6) is 5.75 Å². The number of fused-ring (bicyclic) bond motifs is 1. The van der Waals surface area contributed by atoms with Crippen LogP contribution in [0.4, 0.5) is 13.2 Å². The number of rotatable bonds is 10. The van der Waals surface area contributed by atoms with Crippen LogP contribution in [0.1, 0.15) is 38.6 Å². The van der Waals surface area contributed by atoms with Gasteiger partial charge in [0.25, 0.3) is 0 Å². The molecule has 8 heteroatoms. The highest BCUT2D eigenvalue weighted by molar-refractivity contribution is 5.84. The monoisotopic (exact) mass is 475 g/mol. The van der Waals surface area contributed by atoms with E-state index in [4.69, 9.17) is 13.9 Å². The lowest BCUT2D eigenvalue weighted by Gasteiger charge is -2.29. The van der Waals surface area contributed by atoms with E-state index in [2.05, 4.69) is 11.6 Å². The minimum absolute atomic E-state index is 0.307. The van der Waals surface area contributed by atoms with Crippen LogP contribution >= 0.6 is 0 Å². The highest BCUT2D eigenvalue weighted by Gasteiger charge is 2.41. The van der Waals surface area contributed by atoms with Crippen molar-refractivity contribution in [2.24, 2.45) is 5.41 Å². The fourth-order valence-corrected chi connectivity index (χ4v) is 3.66. The van der Waals surface area contributed by atoms with Crippen molar-refractivity contribution < 1.29 is 31.9 Å². The topological polar surface area (TPSA) is 61.6 Å². The summed E-state index contributed by atoms with van der Waals surface area (Å²) in [6.07, 6.45) is -3.11. The summed E-state index contributed by atoms with van der Waals surface area (Å²) in [5.41, 5.74) is 1.92. The molecule has 0 amide bonds. The molecule has 182 valence electrons.